The minimum atomic E-state index is -0.241. The van der Waals surface area contributed by atoms with E-state index in [4.69, 9.17) is 4.74 Å². The van der Waals surface area contributed by atoms with Crippen LogP contribution >= 0.6 is 31.9 Å². The molecule has 0 saturated heterocycles. The van der Waals surface area contributed by atoms with Crippen LogP contribution in [0, 0.1) is 11.3 Å². The summed E-state index contributed by atoms with van der Waals surface area (Å²) >= 11 is 7.23. The Kier molecular flexibility index (Phi) is 7.18. The first-order valence-electron chi connectivity index (χ1n) is 7.41. The number of hydrogen-bond acceptors (Lipinski definition) is 2. The fraction of sp³-hybridized carbons (Fsp3) is 0.706. The lowest BCUT2D eigenvalue weighted by Gasteiger charge is -2.44. The van der Waals surface area contributed by atoms with E-state index in [1.54, 1.807) is 0 Å². The maximum atomic E-state index is 11.1. The van der Waals surface area contributed by atoms with Crippen molar-refractivity contribution in [2.24, 2.45) is 11.3 Å². The second-order valence-electron chi connectivity index (χ2n) is 6.47. The molecule has 3 atom stereocenters. The molecule has 0 aromatic carbocycles. The average Bonchev–Trinajstić information content (AvgIpc) is 2.39. The van der Waals surface area contributed by atoms with Crippen LogP contribution in [-0.4, -0.2) is 22.2 Å². The van der Waals surface area contributed by atoms with Crippen molar-refractivity contribution in [1.29, 1.82) is 0 Å². The van der Waals surface area contributed by atoms with Crippen molar-refractivity contribution >= 4 is 37.8 Å². The van der Waals surface area contributed by atoms with Crippen molar-refractivity contribution < 1.29 is 9.53 Å². The normalized spacial score (nSPS) is 27.3. The van der Waals surface area contributed by atoms with Gasteiger partial charge in [-0.05, 0) is 43.1 Å². The summed E-state index contributed by atoms with van der Waals surface area (Å²) in [5.74, 6) is 0.217. The molecule has 1 rings (SSSR count). The smallest absolute Gasteiger partial charge is 0.303 e. The number of allylic oxidation sites excluding steroid dienone is 2. The largest absolute Gasteiger partial charge is 0.457 e. The highest BCUT2D eigenvalue weighted by Crippen LogP contribution is 2.48. The zero-order chi connectivity index (χ0) is 16.2. The number of esters is 1. The third kappa shape index (κ3) is 4.95. The number of hydrogen-bond donors (Lipinski definition) is 0. The fourth-order valence-electron chi connectivity index (χ4n) is 2.95. The van der Waals surface area contributed by atoms with Crippen LogP contribution in [0.15, 0.2) is 23.8 Å². The number of halogens is 2. The third-order valence-corrected chi connectivity index (χ3v) is 6.77. The van der Waals surface area contributed by atoms with E-state index in [1.807, 2.05) is 6.92 Å². The number of carbonyl (C=O) groups is 1. The topological polar surface area (TPSA) is 26.3 Å². The van der Waals surface area contributed by atoms with Crippen molar-refractivity contribution in [3.63, 3.8) is 0 Å². The lowest BCUT2D eigenvalue weighted by molar-refractivity contribution is -0.143. The van der Waals surface area contributed by atoms with Gasteiger partial charge in [-0.1, -0.05) is 63.9 Å². The van der Waals surface area contributed by atoms with Crippen LogP contribution in [0.3, 0.4) is 0 Å². The van der Waals surface area contributed by atoms with E-state index in [0.29, 0.717) is 16.1 Å². The summed E-state index contributed by atoms with van der Waals surface area (Å²) in [7, 11) is 0. The van der Waals surface area contributed by atoms with Gasteiger partial charge in [-0.3, -0.25) is 4.79 Å². The predicted octanol–water partition coefficient (Wildman–Crippen LogP) is 5.41. The molecule has 0 heterocycles. The Morgan fingerprint density at radius 1 is 1.52 bits per heavy atom. The van der Waals surface area contributed by atoms with Crippen molar-refractivity contribution in [1.82, 2.24) is 0 Å². The Morgan fingerprint density at radius 2 is 2.14 bits per heavy atom. The molecule has 1 saturated carbocycles. The van der Waals surface area contributed by atoms with Gasteiger partial charge in [0.2, 0.25) is 0 Å². The number of carbonyl (C=O) groups excluding carboxylic acids is 1. The summed E-state index contributed by atoms with van der Waals surface area (Å²) in [6, 6.07) is 0. The van der Waals surface area contributed by atoms with Gasteiger partial charge in [0.15, 0.2) is 0 Å². The molecule has 1 aliphatic rings. The number of ether oxygens (including phenoxy) is 1. The van der Waals surface area contributed by atoms with Gasteiger partial charge in [0.1, 0.15) is 6.10 Å². The van der Waals surface area contributed by atoms with Gasteiger partial charge in [0.25, 0.3) is 0 Å². The lowest BCUT2D eigenvalue weighted by Crippen LogP contribution is -2.38. The molecule has 120 valence electrons. The van der Waals surface area contributed by atoms with Gasteiger partial charge in [-0.2, -0.15) is 0 Å². The molecular formula is C17H26Br2O2. The van der Waals surface area contributed by atoms with Crippen LogP contribution in [0.1, 0.15) is 47.0 Å². The summed E-state index contributed by atoms with van der Waals surface area (Å²) in [4.78, 5) is 11.7. The number of rotatable bonds is 5. The van der Waals surface area contributed by atoms with Gasteiger partial charge in [-0.25, -0.2) is 0 Å². The van der Waals surface area contributed by atoms with Gasteiger partial charge in [-0.15, -0.1) is 0 Å². The van der Waals surface area contributed by atoms with E-state index in [-0.39, 0.29) is 17.5 Å². The molecule has 0 radical (unpaired) electrons. The molecule has 21 heavy (non-hydrogen) atoms. The number of alkyl halides is 2. The van der Waals surface area contributed by atoms with E-state index in [2.05, 4.69) is 58.4 Å². The highest BCUT2D eigenvalue weighted by molar-refractivity contribution is 9.09. The summed E-state index contributed by atoms with van der Waals surface area (Å²) in [5.41, 5.74) is 2.63. The minimum absolute atomic E-state index is 0.178. The maximum Gasteiger partial charge on any atom is 0.303 e. The highest BCUT2D eigenvalue weighted by atomic mass is 79.9. The molecule has 0 amide bonds. The Balaban J connectivity index is 2.80. The molecule has 0 bridgehead atoms. The first-order valence-corrected chi connectivity index (χ1v) is 9.45. The molecular weight excluding hydrogens is 396 g/mol. The van der Waals surface area contributed by atoms with Crippen molar-refractivity contribution in [2.45, 2.75) is 57.9 Å². The maximum absolute atomic E-state index is 11.1. The van der Waals surface area contributed by atoms with E-state index < -0.39 is 0 Å². The Labute approximate surface area is 145 Å². The molecule has 4 heteroatoms. The highest BCUT2D eigenvalue weighted by Gasteiger charge is 2.40. The van der Waals surface area contributed by atoms with Gasteiger partial charge >= 0.3 is 5.97 Å². The zero-order valence-electron chi connectivity index (χ0n) is 13.4. The first-order chi connectivity index (χ1) is 9.70. The molecule has 0 aliphatic heterocycles. The van der Waals surface area contributed by atoms with Crippen LogP contribution < -0.4 is 0 Å². The van der Waals surface area contributed by atoms with Crippen molar-refractivity contribution in [3.05, 3.63) is 23.8 Å². The second-order valence-corrected chi connectivity index (χ2v) is 8.23. The standard InChI is InChI=1S/C17H26Br2O2/c1-11-7-9-16(19)17(4,5)14(11)8-6-12(2)15(10-18)21-13(3)20/h6,14-16H,1,7-10H2,2-5H3/b12-6+/t14-,15?,16+/m1/s1. The van der Waals surface area contributed by atoms with Crippen LogP contribution in [0.5, 0.6) is 0 Å². The van der Waals surface area contributed by atoms with Crippen LogP contribution in [0.2, 0.25) is 0 Å². The first kappa shape index (κ1) is 19.0. The third-order valence-electron chi connectivity index (χ3n) is 4.55. The average molecular weight is 422 g/mol. The lowest BCUT2D eigenvalue weighted by atomic mass is 9.65. The monoisotopic (exact) mass is 420 g/mol. The molecule has 0 N–H and O–H groups in total. The fourth-order valence-corrected chi connectivity index (χ4v) is 4.15. The van der Waals surface area contributed by atoms with E-state index in [9.17, 15) is 4.79 Å². The zero-order valence-corrected chi connectivity index (χ0v) is 16.6. The quantitative estimate of drug-likeness (QED) is 0.337. The molecule has 0 aromatic heterocycles. The van der Waals surface area contributed by atoms with Gasteiger partial charge in [0, 0.05) is 17.1 Å². The minimum Gasteiger partial charge on any atom is -0.457 e. The predicted molar refractivity (Wildman–Crippen MR) is 96.1 cm³/mol. The van der Waals surface area contributed by atoms with E-state index in [0.717, 1.165) is 24.8 Å². The molecule has 0 spiro atoms. The molecule has 1 fully saturated rings. The van der Waals surface area contributed by atoms with Crippen LogP contribution in [0.25, 0.3) is 0 Å². The summed E-state index contributed by atoms with van der Waals surface area (Å²) in [5, 5.41) is 0.630. The Bertz CT molecular complexity index is 427. The summed E-state index contributed by atoms with van der Waals surface area (Å²) < 4.78 is 5.32. The molecule has 1 aliphatic carbocycles. The van der Waals surface area contributed by atoms with Crippen LogP contribution in [0.4, 0.5) is 0 Å². The van der Waals surface area contributed by atoms with Crippen molar-refractivity contribution in [2.75, 3.05) is 5.33 Å². The summed E-state index contributed by atoms with van der Waals surface area (Å²) in [6.45, 7) is 12.4. The molecule has 2 nitrogen and oxygen atoms in total. The SMILES string of the molecule is C=C1CC[C@H](Br)C(C)(C)[C@@H]1C/C=C(\C)C(CBr)OC(C)=O. The molecule has 0 aromatic rings. The van der Waals surface area contributed by atoms with E-state index in [1.165, 1.54) is 12.5 Å². The second kappa shape index (κ2) is 7.96. The van der Waals surface area contributed by atoms with Gasteiger partial charge < -0.3 is 4.74 Å². The Hall–Kier alpha value is -0.0900. The van der Waals surface area contributed by atoms with Crippen LogP contribution in [-0.2, 0) is 9.53 Å². The van der Waals surface area contributed by atoms with Crippen molar-refractivity contribution in [3.8, 4) is 0 Å². The van der Waals surface area contributed by atoms with E-state index >= 15 is 0 Å². The Morgan fingerprint density at radius 3 is 2.67 bits per heavy atom. The van der Waals surface area contributed by atoms with Gasteiger partial charge in [0.05, 0.1) is 0 Å². The summed E-state index contributed by atoms with van der Waals surface area (Å²) in [6.07, 6.45) is 5.22. The molecule has 1 unspecified atom stereocenters.